The molecule has 10 nitrogen and oxygen atoms in total. The average Bonchev–Trinajstić information content (AvgIpc) is 3.79. The van der Waals surface area contributed by atoms with Crippen molar-refractivity contribution in [2.45, 2.75) is 38.0 Å². The van der Waals surface area contributed by atoms with Crippen molar-refractivity contribution in [2.75, 3.05) is 9.80 Å². The Morgan fingerprint density at radius 3 is 1.31 bits per heavy atom. The fraction of sp³-hybridized carbons (Fsp3) is 0.250. The number of nitrogens with zero attached hydrogens (tertiary/aromatic N) is 4. The molecule has 0 N–H and O–H groups in total. The molecule has 0 aliphatic carbocycles. The summed E-state index contributed by atoms with van der Waals surface area (Å²) in [5.41, 5.74) is 2.78. The maximum atomic E-state index is 14.3. The highest BCUT2D eigenvalue weighted by Crippen LogP contribution is 2.59. The van der Waals surface area contributed by atoms with Crippen LogP contribution >= 0.6 is 0 Å². The van der Waals surface area contributed by atoms with Crippen LogP contribution in [0.15, 0.2) is 94.2 Å². The molecule has 0 spiro atoms. The highest BCUT2D eigenvalue weighted by molar-refractivity contribution is 6.26. The van der Waals surface area contributed by atoms with Crippen LogP contribution in [-0.4, -0.2) is 45.7 Å². The van der Waals surface area contributed by atoms with Crippen LogP contribution in [0.4, 0.5) is 11.4 Å². The minimum atomic E-state index is -0.971. The molecule has 4 fully saturated rings. The summed E-state index contributed by atoms with van der Waals surface area (Å²) in [5.74, 6) is -2.47. The van der Waals surface area contributed by atoms with Crippen molar-refractivity contribution in [3.05, 3.63) is 108 Å². The number of hydrazine groups is 1. The Bertz CT molecular complexity index is 1640. The largest absolute Gasteiger partial charge is 0.468 e. The molecule has 2 aromatic heterocycles. The summed E-state index contributed by atoms with van der Waals surface area (Å²) in [7, 11) is 0. The Labute approximate surface area is 240 Å². The van der Waals surface area contributed by atoms with E-state index in [4.69, 9.17) is 8.83 Å². The highest BCUT2D eigenvalue weighted by Gasteiger charge is 2.74. The van der Waals surface area contributed by atoms with Gasteiger partial charge in [0.25, 0.3) is 11.8 Å². The summed E-state index contributed by atoms with van der Waals surface area (Å²) in [6, 6.07) is 17.9. The first-order valence-corrected chi connectivity index (χ1v) is 13.9. The number of amides is 4. The topological polar surface area (TPSA) is 108 Å². The number of aryl methyl sites for hydroxylation is 2. The molecule has 0 radical (unpaired) electrons. The van der Waals surface area contributed by atoms with Crippen molar-refractivity contribution >= 4 is 35.0 Å². The Morgan fingerprint density at radius 1 is 0.524 bits per heavy atom. The van der Waals surface area contributed by atoms with Crippen LogP contribution in [0.25, 0.3) is 0 Å². The van der Waals surface area contributed by atoms with E-state index in [1.807, 2.05) is 26.0 Å². The minimum Gasteiger partial charge on any atom is -0.468 e. The maximum absolute atomic E-state index is 14.3. The zero-order valence-corrected chi connectivity index (χ0v) is 22.8. The number of carbonyl (C=O) groups is 4. The standard InChI is InChI=1S/C32H26N4O6/c1-17-7-3-9-19(15-17)33-29(37)23-25(21-11-5-13-41-21)36-28-24(26(22-12-6-14-42-22)35(36)27(23)31(33)39)30(38)34(32(28)40)20-10-4-8-18(2)16-20/h3-16,23-28H,1-2H3/t23-,24-,25-,26+,27+,28-/m1/s1. The van der Waals surface area contributed by atoms with Gasteiger partial charge in [-0.05, 0) is 73.5 Å². The fourth-order valence-electron chi connectivity index (χ4n) is 7.35. The third-order valence-electron chi connectivity index (χ3n) is 8.91. The van der Waals surface area contributed by atoms with Gasteiger partial charge >= 0.3 is 0 Å². The third kappa shape index (κ3) is 3.21. The van der Waals surface area contributed by atoms with Gasteiger partial charge < -0.3 is 8.83 Å². The Morgan fingerprint density at radius 2 is 0.952 bits per heavy atom. The summed E-state index contributed by atoms with van der Waals surface area (Å²) < 4.78 is 11.7. The van der Waals surface area contributed by atoms with Crippen molar-refractivity contribution in [3.63, 3.8) is 0 Å². The number of benzene rings is 2. The predicted molar refractivity (Wildman–Crippen MR) is 148 cm³/mol. The number of imide groups is 2. The molecular weight excluding hydrogens is 536 g/mol. The van der Waals surface area contributed by atoms with E-state index in [9.17, 15) is 19.2 Å². The van der Waals surface area contributed by atoms with Crippen LogP contribution in [0, 0.1) is 25.7 Å². The molecular formula is C32H26N4O6. The zero-order valence-electron chi connectivity index (χ0n) is 22.8. The molecule has 4 amide bonds. The second-order valence-electron chi connectivity index (χ2n) is 11.3. The molecule has 4 aliphatic heterocycles. The molecule has 4 aliphatic rings. The Hall–Kier alpha value is -4.80. The van der Waals surface area contributed by atoms with Gasteiger partial charge in [0.05, 0.1) is 47.8 Å². The highest BCUT2D eigenvalue weighted by atomic mass is 16.3. The summed E-state index contributed by atoms with van der Waals surface area (Å²) >= 11 is 0. The molecule has 10 heteroatoms. The lowest BCUT2D eigenvalue weighted by molar-refractivity contribution is -0.136. The molecule has 0 bridgehead atoms. The van der Waals surface area contributed by atoms with E-state index in [1.54, 1.807) is 70.7 Å². The number of hydrogen-bond acceptors (Lipinski definition) is 8. The Kier molecular flexibility index (Phi) is 5.26. The number of rotatable bonds is 4. The van der Waals surface area contributed by atoms with Crippen molar-refractivity contribution in [1.29, 1.82) is 0 Å². The Balaban J connectivity index is 1.31. The third-order valence-corrected chi connectivity index (χ3v) is 8.91. The first kappa shape index (κ1) is 25.0. The van der Waals surface area contributed by atoms with Crippen LogP contribution < -0.4 is 9.80 Å². The van der Waals surface area contributed by atoms with Gasteiger partial charge in [0, 0.05) is 0 Å². The number of carbonyl (C=O) groups excluding carboxylic acids is 4. The van der Waals surface area contributed by atoms with E-state index in [0.717, 1.165) is 11.1 Å². The average molecular weight is 563 g/mol. The van der Waals surface area contributed by atoms with Crippen molar-refractivity contribution in [1.82, 2.24) is 10.0 Å². The minimum absolute atomic E-state index is 0.381. The monoisotopic (exact) mass is 562 g/mol. The molecule has 0 saturated carbocycles. The molecule has 4 saturated heterocycles. The zero-order chi connectivity index (χ0) is 28.9. The normalized spacial score (nSPS) is 29.1. The smallest absolute Gasteiger partial charge is 0.253 e. The molecule has 6 heterocycles. The van der Waals surface area contributed by atoms with Crippen LogP contribution in [0.1, 0.15) is 34.7 Å². The van der Waals surface area contributed by atoms with E-state index in [1.165, 1.54) is 22.3 Å². The van der Waals surface area contributed by atoms with Gasteiger partial charge in [-0.1, -0.05) is 24.3 Å². The second-order valence-corrected chi connectivity index (χ2v) is 11.3. The van der Waals surface area contributed by atoms with Crippen LogP contribution in [0.5, 0.6) is 0 Å². The van der Waals surface area contributed by atoms with Crippen molar-refractivity contribution in [3.8, 4) is 0 Å². The van der Waals surface area contributed by atoms with Gasteiger partial charge in [-0.3, -0.25) is 19.2 Å². The van der Waals surface area contributed by atoms with Gasteiger partial charge in [-0.25, -0.2) is 19.8 Å². The van der Waals surface area contributed by atoms with Gasteiger partial charge in [-0.15, -0.1) is 0 Å². The molecule has 42 heavy (non-hydrogen) atoms. The quantitative estimate of drug-likeness (QED) is 0.345. The van der Waals surface area contributed by atoms with Crippen LogP contribution in [0.3, 0.4) is 0 Å². The van der Waals surface area contributed by atoms with E-state index in [2.05, 4.69) is 0 Å². The molecule has 2 aromatic carbocycles. The number of furan rings is 2. The summed E-state index contributed by atoms with van der Waals surface area (Å²) in [6.07, 6.45) is 3.01. The van der Waals surface area contributed by atoms with E-state index in [0.29, 0.717) is 22.9 Å². The lowest BCUT2D eigenvalue weighted by atomic mass is 9.87. The van der Waals surface area contributed by atoms with Crippen molar-refractivity contribution in [2.24, 2.45) is 11.8 Å². The van der Waals surface area contributed by atoms with Gasteiger partial charge in [0.1, 0.15) is 23.6 Å². The molecule has 0 unspecified atom stereocenters. The summed E-state index contributed by atoms with van der Waals surface area (Å²) in [4.78, 5) is 59.5. The molecule has 4 aromatic rings. The summed E-state index contributed by atoms with van der Waals surface area (Å²) in [6.45, 7) is 3.79. The number of fused-ring (bicyclic) bond motifs is 5. The van der Waals surface area contributed by atoms with E-state index >= 15 is 0 Å². The SMILES string of the molecule is Cc1cccc(N2C(=O)[C@H]3[C@@H](C2=O)N2[C@@H](c4ccco4)[C@H]4C(=O)N(c5cccc(C)c5)C(=O)[C@@H]4N2[C@@H]3c2ccco2)c1. The van der Waals surface area contributed by atoms with Crippen LogP contribution in [-0.2, 0) is 19.2 Å². The van der Waals surface area contributed by atoms with Gasteiger partial charge in [0.15, 0.2) is 0 Å². The van der Waals surface area contributed by atoms with E-state index < -0.39 is 47.8 Å². The number of anilines is 2. The van der Waals surface area contributed by atoms with Gasteiger partial charge in [0.2, 0.25) is 11.8 Å². The first-order valence-electron chi connectivity index (χ1n) is 13.9. The molecule has 210 valence electrons. The molecule has 6 atom stereocenters. The second kappa shape index (κ2) is 8.85. The van der Waals surface area contributed by atoms with E-state index in [-0.39, 0.29) is 11.8 Å². The number of hydrogen-bond donors (Lipinski definition) is 0. The lowest BCUT2D eigenvalue weighted by Crippen LogP contribution is -2.50. The maximum Gasteiger partial charge on any atom is 0.253 e. The fourth-order valence-corrected chi connectivity index (χ4v) is 7.35. The predicted octanol–water partition coefficient (Wildman–Crippen LogP) is 3.93. The van der Waals surface area contributed by atoms with Crippen LogP contribution in [0.2, 0.25) is 0 Å². The molecule has 8 rings (SSSR count). The first-order chi connectivity index (χ1) is 20.4. The van der Waals surface area contributed by atoms with Gasteiger partial charge in [-0.2, -0.15) is 0 Å². The van der Waals surface area contributed by atoms with Crippen molar-refractivity contribution < 1.29 is 28.0 Å². The summed E-state index contributed by atoms with van der Waals surface area (Å²) in [5, 5.41) is 3.51. The lowest BCUT2D eigenvalue weighted by Gasteiger charge is -2.34.